The number of nitrogens with zero attached hydrogens (tertiary/aromatic N) is 1. The van der Waals surface area contributed by atoms with Crippen molar-refractivity contribution in [3.63, 3.8) is 0 Å². The summed E-state index contributed by atoms with van der Waals surface area (Å²) in [5.41, 5.74) is 0.727. The highest BCUT2D eigenvalue weighted by atomic mass is 32.1. The number of hydrogen-bond donors (Lipinski definition) is 1. The summed E-state index contributed by atoms with van der Waals surface area (Å²) in [5.74, 6) is -1.21. The third-order valence-corrected chi connectivity index (χ3v) is 2.15. The van der Waals surface area contributed by atoms with Gasteiger partial charge in [-0.1, -0.05) is 12.2 Å². The number of carbonyl (C=O) groups is 1. The van der Waals surface area contributed by atoms with Crippen LogP contribution in [-0.4, -0.2) is 11.1 Å². The summed E-state index contributed by atoms with van der Waals surface area (Å²) in [6, 6.07) is 3.50. The van der Waals surface area contributed by atoms with E-state index in [4.69, 9.17) is 10.4 Å². The lowest BCUT2D eigenvalue weighted by Crippen LogP contribution is -1.96. The average Bonchev–Trinajstić information content (AvgIpc) is 2.64. The van der Waals surface area contributed by atoms with Gasteiger partial charge in [-0.15, -0.1) is 0 Å². The van der Waals surface area contributed by atoms with Gasteiger partial charge in [0.05, 0.1) is 0 Å². The first-order valence-electron chi connectivity index (χ1n) is 3.78. The second-order valence-electron chi connectivity index (χ2n) is 2.41. The molecule has 0 saturated heterocycles. The van der Waals surface area contributed by atoms with Crippen LogP contribution in [0, 0.1) is 11.3 Å². The Morgan fingerprint density at radius 1 is 1.64 bits per heavy atom. The summed E-state index contributed by atoms with van der Waals surface area (Å²) >= 11 is 1.56. The molecule has 1 aromatic rings. The highest BCUT2D eigenvalue weighted by Crippen LogP contribution is 2.07. The number of hydrogen-bond acceptors (Lipinski definition) is 3. The number of allylic oxidation sites excluding steroid dienone is 2. The molecule has 0 fully saturated rings. The van der Waals surface area contributed by atoms with Gasteiger partial charge in [0.15, 0.2) is 0 Å². The number of nitriles is 1. The van der Waals surface area contributed by atoms with E-state index in [1.807, 2.05) is 16.8 Å². The van der Waals surface area contributed by atoms with Crippen LogP contribution in [0.15, 0.2) is 34.6 Å². The highest BCUT2D eigenvalue weighted by Gasteiger charge is 2.02. The van der Waals surface area contributed by atoms with E-state index in [2.05, 4.69) is 0 Å². The molecule has 70 valence electrons. The van der Waals surface area contributed by atoms with Gasteiger partial charge in [0.25, 0.3) is 0 Å². The van der Waals surface area contributed by atoms with Crippen LogP contribution < -0.4 is 0 Å². The fourth-order valence-electron chi connectivity index (χ4n) is 0.782. The van der Waals surface area contributed by atoms with Crippen molar-refractivity contribution in [1.29, 1.82) is 5.26 Å². The van der Waals surface area contributed by atoms with Crippen molar-refractivity contribution < 1.29 is 9.90 Å². The molecule has 0 amide bonds. The van der Waals surface area contributed by atoms with Crippen molar-refractivity contribution in [1.82, 2.24) is 0 Å². The Hall–Kier alpha value is -1.86. The Bertz CT molecular complexity index is 410. The third-order valence-electron chi connectivity index (χ3n) is 1.45. The van der Waals surface area contributed by atoms with Crippen LogP contribution in [0.25, 0.3) is 6.08 Å². The van der Waals surface area contributed by atoms with E-state index in [1.54, 1.807) is 29.6 Å². The maximum atomic E-state index is 10.4. The second-order valence-corrected chi connectivity index (χ2v) is 3.19. The van der Waals surface area contributed by atoms with E-state index in [-0.39, 0.29) is 5.57 Å². The van der Waals surface area contributed by atoms with Crippen LogP contribution >= 0.6 is 11.3 Å². The van der Waals surface area contributed by atoms with E-state index in [0.717, 1.165) is 5.56 Å². The minimum atomic E-state index is -1.21. The lowest BCUT2D eigenvalue weighted by Gasteiger charge is -1.84. The van der Waals surface area contributed by atoms with Crippen LogP contribution in [-0.2, 0) is 4.79 Å². The molecule has 0 radical (unpaired) electrons. The van der Waals surface area contributed by atoms with Gasteiger partial charge in [0.1, 0.15) is 11.6 Å². The van der Waals surface area contributed by atoms with Gasteiger partial charge >= 0.3 is 5.97 Å². The fraction of sp³-hybridized carbons (Fsp3) is 0. The summed E-state index contributed by atoms with van der Waals surface area (Å²) < 4.78 is 0. The van der Waals surface area contributed by atoms with Crippen molar-refractivity contribution in [2.75, 3.05) is 0 Å². The second kappa shape index (κ2) is 5.00. The molecule has 0 unspecified atom stereocenters. The van der Waals surface area contributed by atoms with Gasteiger partial charge in [-0.3, -0.25) is 0 Å². The average molecular weight is 205 g/mol. The van der Waals surface area contributed by atoms with Crippen LogP contribution in [0.2, 0.25) is 0 Å². The van der Waals surface area contributed by atoms with E-state index in [1.165, 1.54) is 6.08 Å². The molecule has 1 N–H and O–H groups in total. The molecule has 0 saturated carbocycles. The van der Waals surface area contributed by atoms with Crippen molar-refractivity contribution in [2.45, 2.75) is 0 Å². The zero-order valence-corrected chi connectivity index (χ0v) is 7.99. The minimum Gasteiger partial charge on any atom is -0.477 e. The Morgan fingerprint density at radius 3 is 2.93 bits per heavy atom. The van der Waals surface area contributed by atoms with Gasteiger partial charge in [0.2, 0.25) is 0 Å². The molecule has 0 aromatic carbocycles. The molecule has 4 heteroatoms. The first-order chi connectivity index (χ1) is 6.74. The number of carboxylic acids is 1. The fourth-order valence-corrected chi connectivity index (χ4v) is 1.41. The summed E-state index contributed by atoms with van der Waals surface area (Å²) in [6.45, 7) is 0. The maximum absolute atomic E-state index is 10.4. The summed E-state index contributed by atoms with van der Waals surface area (Å²) in [4.78, 5) is 10.4. The highest BCUT2D eigenvalue weighted by molar-refractivity contribution is 7.08. The van der Waals surface area contributed by atoms with Crippen molar-refractivity contribution >= 4 is 23.4 Å². The van der Waals surface area contributed by atoms with Crippen LogP contribution in [0.5, 0.6) is 0 Å². The smallest absolute Gasteiger partial charge is 0.346 e. The van der Waals surface area contributed by atoms with Crippen LogP contribution in [0.1, 0.15) is 5.56 Å². The lowest BCUT2D eigenvalue weighted by atomic mass is 10.2. The topological polar surface area (TPSA) is 61.1 Å². The number of aliphatic carboxylic acids is 1. The normalized spacial score (nSPS) is 11.5. The zero-order chi connectivity index (χ0) is 10.4. The standard InChI is InChI=1S/C10H7NO2S/c11-6-9(10(12)13)3-1-2-8-4-5-14-7-8/h1-5,7H,(H,12,13). The molecule has 0 bridgehead atoms. The Morgan fingerprint density at radius 2 is 2.43 bits per heavy atom. The predicted octanol–water partition coefficient (Wildman–Crippen LogP) is 2.30. The maximum Gasteiger partial charge on any atom is 0.346 e. The first kappa shape index (κ1) is 10.2. The number of carboxylic acid groups (broad SMARTS) is 1. The van der Waals surface area contributed by atoms with Gasteiger partial charge < -0.3 is 5.11 Å². The van der Waals surface area contributed by atoms with Gasteiger partial charge in [-0.25, -0.2) is 4.79 Å². The van der Waals surface area contributed by atoms with E-state index >= 15 is 0 Å². The zero-order valence-electron chi connectivity index (χ0n) is 7.18. The molecular formula is C10H7NO2S. The van der Waals surface area contributed by atoms with E-state index in [0.29, 0.717) is 0 Å². The summed E-state index contributed by atoms with van der Waals surface area (Å²) in [7, 11) is 0. The van der Waals surface area contributed by atoms with Gasteiger partial charge in [-0.2, -0.15) is 16.6 Å². The monoisotopic (exact) mass is 205 g/mol. The van der Waals surface area contributed by atoms with Crippen molar-refractivity contribution in [3.05, 3.63) is 40.1 Å². The van der Waals surface area contributed by atoms with Crippen molar-refractivity contribution in [2.24, 2.45) is 0 Å². The first-order valence-corrected chi connectivity index (χ1v) is 4.72. The molecule has 3 nitrogen and oxygen atoms in total. The molecule has 0 aliphatic heterocycles. The molecule has 1 rings (SSSR count). The number of rotatable bonds is 3. The van der Waals surface area contributed by atoms with Crippen LogP contribution in [0.3, 0.4) is 0 Å². The predicted molar refractivity (Wildman–Crippen MR) is 54.7 cm³/mol. The Kier molecular flexibility index (Phi) is 3.65. The van der Waals surface area contributed by atoms with E-state index in [9.17, 15) is 4.79 Å². The van der Waals surface area contributed by atoms with Gasteiger partial charge in [-0.05, 0) is 28.5 Å². The van der Waals surface area contributed by atoms with Crippen molar-refractivity contribution in [3.8, 4) is 6.07 Å². The molecule has 0 aliphatic carbocycles. The molecule has 0 aliphatic rings. The summed E-state index contributed by atoms with van der Waals surface area (Å²) in [6.07, 6.45) is 4.57. The largest absolute Gasteiger partial charge is 0.477 e. The van der Waals surface area contributed by atoms with Gasteiger partial charge in [0, 0.05) is 0 Å². The molecule has 1 heterocycles. The molecule has 1 aromatic heterocycles. The summed E-state index contributed by atoms with van der Waals surface area (Å²) in [5, 5.41) is 20.8. The quantitative estimate of drug-likeness (QED) is 0.468. The Labute approximate surface area is 85.2 Å². The lowest BCUT2D eigenvalue weighted by molar-refractivity contribution is -0.132. The SMILES string of the molecule is N#CC(=CC=Cc1ccsc1)C(=O)O. The molecule has 14 heavy (non-hydrogen) atoms. The molecule has 0 spiro atoms. The number of thiophene rings is 1. The Balaban J connectivity index is 2.71. The van der Waals surface area contributed by atoms with Crippen LogP contribution in [0.4, 0.5) is 0 Å². The minimum absolute atomic E-state index is 0.267. The third kappa shape index (κ3) is 2.88. The van der Waals surface area contributed by atoms with E-state index < -0.39 is 5.97 Å². The molecule has 0 atom stereocenters. The molecular weight excluding hydrogens is 198 g/mol.